The first-order chi connectivity index (χ1) is 17.4. The molecule has 0 N–H and O–H groups in total. The van der Waals surface area contributed by atoms with E-state index in [4.69, 9.17) is 16.3 Å². The average Bonchev–Trinajstić information content (AvgIpc) is 3.32. The smallest absolute Gasteiger partial charge is 0.338 e. The Hall–Kier alpha value is -3.49. The van der Waals surface area contributed by atoms with Crippen LogP contribution in [0.2, 0.25) is 5.02 Å². The minimum atomic E-state index is -0.759. The predicted octanol–water partition coefficient (Wildman–Crippen LogP) is 3.58. The largest absolute Gasteiger partial charge is 0.463 e. The van der Waals surface area contributed by atoms with Gasteiger partial charge in [0.05, 0.1) is 35.2 Å². The molecule has 3 heterocycles. The Balaban J connectivity index is 1.81. The zero-order valence-corrected chi connectivity index (χ0v) is 21.7. The van der Waals surface area contributed by atoms with Crippen LogP contribution in [0.15, 0.2) is 69.6 Å². The molecular formula is C27H24ClN3O4S. The number of rotatable bonds is 5. The number of hydrogen-bond acceptors (Lipinski definition) is 6. The fraction of sp³-hybridized carbons (Fsp3) is 0.259. The maximum atomic E-state index is 14.0. The first kappa shape index (κ1) is 24.2. The number of aromatic nitrogens is 1. The minimum absolute atomic E-state index is 0.191. The number of thiazole rings is 1. The molecule has 184 valence electrons. The van der Waals surface area contributed by atoms with Crippen molar-refractivity contribution in [1.29, 1.82) is 0 Å². The summed E-state index contributed by atoms with van der Waals surface area (Å²) in [5, 5.41) is 0.538. The second-order valence-electron chi connectivity index (χ2n) is 8.52. The normalized spacial score (nSPS) is 18.2. The molecule has 0 saturated carbocycles. The van der Waals surface area contributed by atoms with E-state index in [1.54, 1.807) is 43.0 Å². The zero-order chi connectivity index (χ0) is 25.6. The van der Waals surface area contributed by atoms with Crippen molar-refractivity contribution in [3.05, 3.63) is 95.6 Å². The summed E-state index contributed by atoms with van der Waals surface area (Å²) in [5.74, 6) is -0.735. The number of hydrogen-bond donors (Lipinski definition) is 0. The van der Waals surface area contributed by atoms with Gasteiger partial charge < -0.3 is 9.64 Å². The van der Waals surface area contributed by atoms with E-state index in [9.17, 15) is 14.4 Å². The summed E-state index contributed by atoms with van der Waals surface area (Å²) in [5.41, 5.74) is 2.97. The highest BCUT2D eigenvalue weighted by molar-refractivity contribution is 7.07. The third-order valence-corrected chi connectivity index (χ3v) is 7.58. The lowest BCUT2D eigenvalue weighted by Crippen LogP contribution is -2.41. The van der Waals surface area contributed by atoms with Gasteiger partial charge in [0.1, 0.15) is 4.53 Å². The van der Waals surface area contributed by atoms with Gasteiger partial charge in [0.25, 0.3) is 11.5 Å². The van der Waals surface area contributed by atoms with Crippen molar-refractivity contribution in [3.63, 3.8) is 0 Å². The van der Waals surface area contributed by atoms with Gasteiger partial charge in [-0.25, -0.2) is 9.79 Å². The molecule has 5 rings (SSSR count). The van der Waals surface area contributed by atoms with E-state index in [0.29, 0.717) is 37.7 Å². The van der Waals surface area contributed by atoms with Gasteiger partial charge in [-0.1, -0.05) is 60.2 Å². The number of carbonyl (C=O) groups excluding carboxylic acids is 2. The van der Waals surface area contributed by atoms with Crippen molar-refractivity contribution in [2.45, 2.75) is 33.2 Å². The van der Waals surface area contributed by atoms with E-state index < -0.39 is 12.0 Å². The molecule has 1 aromatic heterocycles. The highest BCUT2D eigenvalue weighted by atomic mass is 35.5. The lowest BCUT2D eigenvalue weighted by atomic mass is 9.96. The predicted molar refractivity (Wildman–Crippen MR) is 140 cm³/mol. The number of halogens is 1. The van der Waals surface area contributed by atoms with Crippen LogP contribution in [0.25, 0.3) is 5.57 Å². The molecule has 9 heteroatoms. The summed E-state index contributed by atoms with van der Waals surface area (Å²) in [6.45, 7) is 6.21. The number of ether oxygens (including phenoxy) is 1. The van der Waals surface area contributed by atoms with Crippen molar-refractivity contribution in [3.8, 4) is 0 Å². The standard InChI is InChI=1S/C27H24ClN3O4S/c1-4-14-30-19-9-7-6-8-18(19)21(24(30)32)23-25(33)31-22(16-10-12-17(28)13-11-16)20(26(34)35-5-2)15(3)29-27(31)36-23/h6-13,22H,4-5,14H2,1-3H3/b23-21-/t22-/m0/s1. The second-order valence-corrected chi connectivity index (χ2v) is 9.94. The Bertz CT molecular complexity index is 1600. The third-order valence-electron chi connectivity index (χ3n) is 6.28. The highest BCUT2D eigenvalue weighted by Gasteiger charge is 2.37. The van der Waals surface area contributed by atoms with Gasteiger partial charge >= 0.3 is 5.97 Å². The minimum Gasteiger partial charge on any atom is -0.463 e. The second kappa shape index (κ2) is 9.52. The average molecular weight is 522 g/mol. The number of anilines is 1. The summed E-state index contributed by atoms with van der Waals surface area (Å²) in [6.07, 6.45) is 0.785. The lowest BCUT2D eigenvalue weighted by Gasteiger charge is -2.24. The molecule has 2 aliphatic heterocycles. The van der Waals surface area contributed by atoms with E-state index in [0.717, 1.165) is 17.7 Å². The number of carbonyl (C=O) groups is 2. The molecule has 36 heavy (non-hydrogen) atoms. The van der Waals surface area contributed by atoms with E-state index in [2.05, 4.69) is 4.99 Å². The molecule has 1 amide bonds. The Morgan fingerprint density at radius 1 is 1.11 bits per heavy atom. The van der Waals surface area contributed by atoms with Gasteiger partial charge in [-0.3, -0.25) is 14.2 Å². The molecule has 1 atom stereocenters. The summed E-state index contributed by atoms with van der Waals surface area (Å²) >= 11 is 7.28. The van der Waals surface area contributed by atoms with Crippen molar-refractivity contribution in [2.75, 3.05) is 18.1 Å². The molecule has 7 nitrogen and oxygen atoms in total. The first-order valence-electron chi connectivity index (χ1n) is 11.8. The van der Waals surface area contributed by atoms with Crippen LogP contribution in [0.5, 0.6) is 0 Å². The number of para-hydroxylation sites is 1. The maximum absolute atomic E-state index is 14.0. The van der Waals surface area contributed by atoms with Gasteiger partial charge in [-0.2, -0.15) is 0 Å². The van der Waals surface area contributed by atoms with E-state index >= 15 is 0 Å². The molecule has 2 aliphatic rings. The quantitative estimate of drug-likeness (QED) is 0.481. The molecule has 0 saturated heterocycles. The van der Waals surface area contributed by atoms with Gasteiger partial charge in [0.2, 0.25) is 0 Å². The van der Waals surface area contributed by atoms with E-state index in [1.165, 1.54) is 15.9 Å². The van der Waals surface area contributed by atoms with E-state index in [-0.39, 0.29) is 23.6 Å². The van der Waals surface area contributed by atoms with Gasteiger partial charge in [-0.05, 0) is 44.0 Å². The zero-order valence-electron chi connectivity index (χ0n) is 20.1. The van der Waals surface area contributed by atoms with Crippen LogP contribution in [0.3, 0.4) is 0 Å². The Kier molecular flexibility index (Phi) is 6.40. The molecule has 0 unspecified atom stereocenters. The molecule has 0 bridgehead atoms. The van der Waals surface area contributed by atoms with Crippen molar-refractivity contribution in [1.82, 2.24) is 4.57 Å². The van der Waals surface area contributed by atoms with Crippen molar-refractivity contribution in [2.24, 2.45) is 4.99 Å². The van der Waals surface area contributed by atoms with Gasteiger partial charge in [0.15, 0.2) is 4.80 Å². The van der Waals surface area contributed by atoms with Crippen LogP contribution < -0.4 is 19.8 Å². The highest BCUT2D eigenvalue weighted by Crippen LogP contribution is 2.35. The Morgan fingerprint density at radius 2 is 1.83 bits per heavy atom. The fourth-order valence-corrected chi connectivity index (χ4v) is 6.01. The molecule has 0 spiro atoms. The fourth-order valence-electron chi connectivity index (χ4n) is 4.75. The monoisotopic (exact) mass is 521 g/mol. The van der Waals surface area contributed by atoms with Crippen LogP contribution >= 0.6 is 22.9 Å². The third kappa shape index (κ3) is 3.81. The molecule has 0 radical (unpaired) electrons. The molecule has 0 aliphatic carbocycles. The number of amides is 1. The van der Waals surface area contributed by atoms with E-state index in [1.807, 2.05) is 31.2 Å². The SMILES string of the molecule is CCCN1C(=O)/C(=c2\sc3n(c2=O)[C@@H](c2ccc(Cl)cc2)C(C(=O)OCC)=C(C)N=3)c2ccccc21. The summed E-state index contributed by atoms with van der Waals surface area (Å²) in [4.78, 5) is 47.4. The van der Waals surface area contributed by atoms with Gasteiger partial charge in [0, 0.05) is 17.1 Å². The first-order valence-corrected chi connectivity index (χ1v) is 13.0. The molecule has 2 aromatic carbocycles. The van der Waals surface area contributed by atoms with Crippen LogP contribution in [0.4, 0.5) is 5.69 Å². The molecule has 0 fully saturated rings. The lowest BCUT2D eigenvalue weighted by molar-refractivity contribution is -0.139. The topological polar surface area (TPSA) is 81.0 Å². The van der Waals surface area contributed by atoms with Crippen LogP contribution in [-0.4, -0.2) is 29.6 Å². The number of esters is 1. The number of allylic oxidation sites excluding steroid dienone is 1. The number of fused-ring (bicyclic) bond motifs is 2. The van der Waals surface area contributed by atoms with Crippen LogP contribution in [-0.2, 0) is 14.3 Å². The number of nitrogens with zero attached hydrogens (tertiary/aromatic N) is 3. The Morgan fingerprint density at radius 3 is 2.53 bits per heavy atom. The molecule has 3 aromatic rings. The molecular weight excluding hydrogens is 498 g/mol. The van der Waals surface area contributed by atoms with Crippen molar-refractivity contribution < 1.29 is 14.3 Å². The summed E-state index contributed by atoms with van der Waals surface area (Å²) in [6, 6.07) is 13.7. The number of benzene rings is 2. The van der Waals surface area contributed by atoms with Crippen LogP contribution in [0, 0.1) is 0 Å². The maximum Gasteiger partial charge on any atom is 0.338 e. The summed E-state index contributed by atoms with van der Waals surface area (Å²) < 4.78 is 7.13. The summed E-state index contributed by atoms with van der Waals surface area (Å²) in [7, 11) is 0. The van der Waals surface area contributed by atoms with Crippen LogP contribution in [0.1, 0.15) is 44.4 Å². The Labute approximate surface area is 216 Å². The van der Waals surface area contributed by atoms with Crippen molar-refractivity contribution >= 4 is 46.1 Å². The van der Waals surface area contributed by atoms with Gasteiger partial charge in [-0.15, -0.1) is 0 Å².